The van der Waals surface area contributed by atoms with Gasteiger partial charge in [0.15, 0.2) is 0 Å². The van der Waals surface area contributed by atoms with E-state index in [2.05, 4.69) is 36.9 Å². The van der Waals surface area contributed by atoms with E-state index in [1.54, 1.807) is 0 Å². The summed E-state index contributed by atoms with van der Waals surface area (Å²) < 4.78 is 5.80. The molecule has 3 nitrogen and oxygen atoms in total. The fraction of sp³-hybridized carbons (Fsp3) is 0.600. The minimum absolute atomic E-state index is 0.410. The summed E-state index contributed by atoms with van der Waals surface area (Å²) >= 11 is 0. The molecule has 1 aromatic rings. The summed E-state index contributed by atoms with van der Waals surface area (Å²) in [6.07, 6.45) is 2.19. The molecule has 1 aliphatic rings. The Morgan fingerprint density at radius 1 is 1.33 bits per heavy atom. The lowest BCUT2D eigenvalue weighted by atomic mass is 10.0. The maximum atomic E-state index is 5.98. The fourth-order valence-corrected chi connectivity index (χ4v) is 2.63. The van der Waals surface area contributed by atoms with Gasteiger partial charge in [-0.1, -0.05) is 26.0 Å². The van der Waals surface area contributed by atoms with Gasteiger partial charge < -0.3 is 15.4 Å². The molecule has 0 radical (unpaired) electrons. The zero-order valence-corrected chi connectivity index (χ0v) is 11.4. The smallest absolute Gasteiger partial charge is 0.142 e. The molecule has 0 fully saturated rings. The van der Waals surface area contributed by atoms with E-state index in [1.165, 1.54) is 5.69 Å². The molecule has 1 aliphatic heterocycles. The van der Waals surface area contributed by atoms with Crippen molar-refractivity contribution >= 4 is 5.69 Å². The van der Waals surface area contributed by atoms with Crippen molar-refractivity contribution in [1.29, 1.82) is 0 Å². The molecule has 1 aromatic carbocycles. The van der Waals surface area contributed by atoms with Crippen LogP contribution in [0.3, 0.4) is 0 Å². The topological polar surface area (TPSA) is 38.5 Å². The minimum Gasteiger partial charge on any atom is -0.491 e. The zero-order valence-electron chi connectivity index (χ0n) is 11.4. The highest BCUT2D eigenvalue weighted by Gasteiger charge is 2.23. The number of nitrogens with two attached hydrogens (primary N) is 1. The van der Waals surface area contributed by atoms with Gasteiger partial charge in [0.05, 0.1) is 12.3 Å². The van der Waals surface area contributed by atoms with E-state index >= 15 is 0 Å². The molecular formula is C15H24N2O. The van der Waals surface area contributed by atoms with Gasteiger partial charge in [-0.05, 0) is 30.9 Å². The Labute approximate surface area is 110 Å². The molecule has 1 atom stereocenters. The van der Waals surface area contributed by atoms with Crippen LogP contribution in [0.2, 0.25) is 0 Å². The number of fused-ring (bicyclic) bond motifs is 1. The van der Waals surface area contributed by atoms with Crippen LogP contribution in [0.4, 0.5) is 5.69 Å². The van der Waals surface area contributed by atoms with Gasteiger partial charge in [-0.3, -0.25) is 0 Å². The molecule has 0 spiro atoms. The second-order valence-corrected chi connectivity index (χ2v) is 5.38. The van der Waals surface area contributed by atoms with Crippen LogP contribution < -0.4 is 15.4 Å². The second-order valence-electron chi connectivity index (χ2n) is 5.38. The summed E-state index contributed by atoms with van der Waals surface area (Å²) in [5, 5.41) is 0. The first-order chi connectivity index (χ1) is 8.72. The van der Waals surface area contributed by atoms with Crippen LogP contribution in [0.5, 0.6) is 5.75 Å². The van der Waals surface area contributed by atoms with Gasteiger partial charge in [0, 0.05) is 19.1 Å². The van der Waals surface area contributed by atoms with Gasteiger partial charge in [0.1, 0.15) is 5.75 Å². The van der Waals surface area contributed by atoms with Crippen LogP contribution >= 0.6 is 0 Å². The van der Waals surface area contributed by atoms with Crippen LogP contribution in [-0.2, 0) is 0 Å². The predicted octanol–water partition coefficient (Wildman–Crippen LogP) is 2.65. The lowest BCUT2D eigenvalue weighted by molar-refractivity contribution is 0.322. The van der Waals surface area contributed by atoms with Crippen LogP contribution in [0.15, 0.2) is 24.3 Å². The van der Waals surface area contributed by atoms with Crippen molar-refractivity contribution < 1.29 is 4.74 Å². The third-order valence-electron chi connectivity index (χ3n) is 3.43. The molecule has 0 amide bonds. The number of para-hydroxylation sites is 2. The molecule has 0 saturated heterocycles. The average Bonchev–Trinajstić information content (AvgIpc) is 2.58. The quantitative estimate of drug-likeness (QED) is 0.890. The highest BCUT2D eigenvalue weighted by Crippen LogP contribution is 2.32. The highest BCUT2D eigenvalue weighted by molar-refractivity contribution is 5.59. The summed E-state index contributed by atoms with van der Waals surface area (Å²) in [5.41, 5.74) is 7.18. The number of ether oxygens (including phenoxy) is 1. The van der Waals surface area contributed by atoms with E-state index in [9.17, 15) is 0 Å². The van der Waals surface area contributed by atoms with Crippen LogP contribution in [0.1, 0.15) is 26.7 Å². The lowest BCUT2D eigenvalue weighted by Crippen LogP contribution is -2.42. The average molecular weight is 248 g/mol. The van der Waals surface area contributed by atoms with Gasteiger partial charge in [0.2, 0.25) is 0 Å². The Kier molecular flexibility index (Phi) is 4.48. The number of hydrogen-bond donors (Lipinski definition) is 1. The van der Waals surface area contributed by atoms with Crippen molar-refractivity contribution in [3.8, 4) is 5.75 Å². The first kappa shape index (κ1) is 13.2. The molecule has 1 unspecified atom stereocenters. The maximum Gasteiger partial charge on any atom is 0.142 e. The molecule has 0 saturated carbocycles. The third-order valence-corrected chi connectivity index (χ3v) is 3.43. The normalized spacial score (nSPS) is 17.0. The number of anilines is 1. The number of rotatable bonds is 4. The summed E-state index contributed by atoms with van der Waals surface area (Å²) in [5.74, 6) is 1.66. The highest BCUT2D eigenvalue weighted by atomic mass is 16.5. The second kappa shape index (κ2) is 6.10. The van der Waals surface area contributed by atoms with E-state index in [1.807, 2.05) is 6.07 Å². The van der Waals surface area contributed by atoms with Crippen LogP contribution in [-0.4, -0.2) is 25.7 Å². The van der Waals surface area contributed by atoms with Crippen molar-refractivity contribution in [3.05, 3.63) is 24.3 Å². The first-order valence-corrected chi connectivity index (χ1v) is 6.91. The molecule has 0 aromatic heterocycles. The van der Waals surface area contributed by atoms with Gasteiger partial charge >= 0.3 is 0 Å². The molecule has 2 N–H and O–H groups in total. The monoisotopic (exact) mass is 248 g/mol. The van der Waals surface area contributed by atoms with E-state index in [-0.39, 0.29) is 0 Å². The Hall–Kier alpha value is -1.22. The van der Waals surface area contributed by atoms with E-state index in [0.29, 0.717) is 18.5 Å². The molecule has 0 aliphatic carbocycles. The summed E-state index contributed by atoms with van der Waals surface area (Å²) in [7, 11) is 0. The Bertz CT molecular complexity index is 379. The van der Waals surface area contributed by atoms with E-state index < -0.39 is 0 Å². The van der Waals surface area contributed by atoms with Crippen molar-refractivity contribution in [2.24, 2.45) is 11.7 Å². The van der Waals surface area contributed by atoms with E-state index in [4.69, 9.17) is 10.5 Å². The molecule has 18 heavy (non-hydrogen) atoms. The Morgan fingerprint density at radius 2 is 2.11 bits per heavy atom. The Morgan fingerprint density at radius 3 is 2.83 bits per heavy atom. The number of hydrogen-bond acceptors (Lipinski definition) is 3. The molecular weight excluding hydrogens is 224 g/mol. The summed E-state index contributed by atoms with van der Waals surface area (Å²) in [4.78, 5) is 2.43. The molecule has 100 valence electrons. The van der Waals surface area contributed by atoms with E-state index in [0.717, 1.165) is 31.7 Å². The predicted molar refractivity (Wildman–Crippen MR) is 76.2 cm³/mol. The Balaban J connectivity index is 2.25. The van der Waals surface area contributed by atoms with Gasteiger partial charge in [-0.25, -0.2) is 0 Å². The lowest BCUT2D eigenvalue weighted by Gasteiger charge is -2.33. The van der Waals surface area contributed by atoms with Gasteiger partial charge in [0.25, 0.3) is 0 Å². The number of benzene rings is 1. The maximum absolute atomic E-state index is 5.98. The molecule has 1 heterocycles. The summed E-state index contributed by atoms with van der Waals surface area (Å²) in [6.45, 7) is 7.04. The van der Waals surface area contributed by atoms with Crippen LogP contribution in [0.25, 0.3) is 0 Å². The molecule has 3 heteroatoms. The minimum atomic E-state index is 0.410. The zero-order chi connectivity index (χ0) is 13.0. The molecule has 2 rings (SSSR count). The number of nitrogens with zero attached hydrogens (tertiary/aromatic N) is 1. The van der Waals surface area contributed by atoms with Crippen molar-refractivity contribution in [2.75, 3.05) is 24.6 Å². The fourth-order valence-electron chi connectivity index (χ4n) is 2.63. The van der Waals surface area contributed by atoms with Gasteiger partial charge in [-0.15, -0.1) is 0 Å². The SMILES string of the molecule is CC(C)CC(CN)N1CCCOc2ccccc21. The third kappa shape index (κ3) is 2.96. The van der Waals surface area contributed by atoms with Gasteiger partial charge in [-0.2, -0.15) is 0 Å². The first-order valence-electron chi connectivity index (χ1n) is 6.91. The van der Waals surface area contributed by atoms with Crippen molar-refractivity contribution in [2.45, 2.75) is 32.7 Å². The largest absolute Gasteiger partial charge is 0.491 e. The van der Waals surface area contributed by atoms with Crippen molar-refractivity contribution in [1.82, 2.24) is 0 Å². The standard InChI is InChI=1S/C15H24N2O/c1-12(2)10-13(11-16)17-8-5-9-18-15-7-4-3-6-14(15)17/h3-4,6-7,12-13H,5,8-11,16H2,1-2H3. The van der Waals surface area contributed by atoms with Crippen molar-refractivity contribution in [3.63, 3.8) is 0 Å². The summed E-state index contributed by atoms with van der Waals surface area (Å²) in [6, 6.07) is 8.71. The molecule has 0 bridgehead atoms. The van der Waals surface area contributed by atoms with Crippen LogP contribution in [0, 0.1) is 5.92 Å².